The second kappa shape index (κ2) is 8.40. The van der Waals surface area contributed by atoms with Gasteiger partial charge in [0.05, 0.1) is 11.4 Å². The van der Waals surface area contributed by atoms with Crippen molar-refractivity contribution in [2.45, 2.75) is 20.0 Å². The Kier molecular flexibility index (Phi) is 5.93. The summed E-state index contributed by atoms with van der Waals surface area (Å²) in [6.07, 6.45) is -1.14. The summed E-state index contributed by atoms with van der Waals surface area (Å²) in [5.74, 6) is -2.28. The molecule has 0 aliphatic carbocycles. The molecule has 2 aromatic carbocycles. The number of rotatable bonds is 5. The molecule has 1 N–H and O–H groups in total. The molecule has 0 fully saturated rings. The van der Waals surface area contributed by atoms with E-state index in [1.165, 1.54) is 60.1 Å². The van der Waals surface area contributed by atoms with Gasteiger partial charge in [-0.1, -0.05) is 11.6 Å². The average Bonchev–Trinajstić information content (AvgIpc) is 2.98. The lowest BCUT2D eigenvalue weighted by Gasteiger charge is -2.13. The van der Waals surface area contributed by atoms with Gasteiger partial charge in [0.2, 0.25) is 0 Å². The fourth-order valence-electron chi connectivity index (χ4n) is 2.53. The van der Waals surface area contributed by atoms with Crippen LogP contribution in [0.4, 0.5) is 14.5 Å². The molecule has 6 nitrogen and oxygen atoms in total. The first kappa shape index (κ1) is 20.5. The van der Waals surface area contributed by atoms with Crippen LogP contribution in [-0.4, -0.2) is 27.8 Å². The summed E-state index contributed by atoms with van der Waals surface area (Å²) in [7, 11) is 0. The van der Waals surface area contributed by atoms with E-state index in [0.29, 0.717) is 11.4 Å². The molecule has 1 heterocycles. The first-order valence-corrected chi connectivity index (χ1v) is 8.92. The zero-order valence-electron chi connectivity index (χ0n) is 15.4. The van der Waals surface area contributed by atoms with Crippen molar-refractivity contribution in [3.8, 4) is 5.69 Å². The smallest absolute Gasteiger partial charge is 0.344 e. The standard InChI is InChI=1S/C20H16ClF2N3O3/c1-11-17(18(21)26(25-11)16-9-5-14(23)6-10-16)20(28)29-12(2)19(27)24-15-7-3-13(22)4-8-15/h3-10,12H,1-2H3,(H,24,27). The van der Waals surface area contributed by atoms with E-state index >= 15 is 0 Å². The highest BCUT2D eigenvalue weighted by Crippen LogP contribution is 2.25. The van der Waals surface area contributed by atoms with Crippen molar-refractivity contribution >= 4 is 29.2 Å². The van der Waals surface area contributed by atoms with Crippen LogP contribution in [0.1, 0.15) is 23.0 Å². The number of anilines is 1. The summed E-state index contributed by atoms with van der Waals surface area (Å²) in [4.78, 5) is 24.8. The van der Waals surface area contributed by atoms with E-state index in [9.17, 15) is 18.4 Å². The third kappa shape index (κ3) is 4.60. The Hall–Kier alpha value is -3.26. The van der Waals surface area contributed by atoms with Gasteiger partial charge < -0.3 is 10.1 Å². The second-order valence-corrected chi connectivity index (χ2v) is 6.54. The van der Waals surface area contributed by atoms with E-state index in [0.717, 1.165) is 0 Å². The van der Waals surface area contributed by atoms with Gasteiger partial charge in [0.1, 0.15) is 22.4 Å². The molecule has 1 atom stereocenters. The molecule has 3 rings (SSSR count). The molecular formula is C20H16ClF2N3O3. The Balaban J connectivity index is 1.73. The van der Waals surface area contributed by atoms with E-state index in [2.05, 4.69) is 10.4 Å². The molecule has 1 amide bonds. The van der Waals surface area contributed by atoms with Crippen molar-refractivity contribution in [2.24, 2.45) is 0 Å². The maximum atomic E-state index is 13.1. The molecule has 1 unspecified atom stereocenters. The number of hydrogen-bond donors (Lipinski definition) is 1. The number of nitrogens with one attached hydrogen (secondary N) is 1. The van der Waals surface area contributed by atoms with E-state index in [-0.39, 0.29) is 16.4 Å². The Bertz CT molecular complexity index is 1050. The largest absolute Gasteiger partial charge is 0.449 e. The van der Waals surface area contributed by atoms with Crippen molar-refractivity contribution in [1.29, 1.82) is 0 Å². The normalized spacial score (nSPS) is 11.8. The number of esters is 1. The Morgan fingerprint density at radius 3 is 2.21 bits per heavy atom. The SMILES string of the molecule is Cc1nn(-c2ccc(F)cc2)c(Cl)c1C(=O)OC(C)C(=O)Nc1ccc(F)cc1. The summed E-state index contributed by atoms with van der Waals surface area (Å²) in [5, 5.41) is 6.68. The highest BCUT2D eigenvalue weighted by atomic mass is 35.5. The van der Waals surface area contributed by atoms with Crippen LogP contribution < -0.4 is 5.32 Å². The van der Waals surface area contributed by atoms with Crippen molar-refractivity contribution < 1.29 is 23.1 Å². The van der Waals surface area contributed by atoms with Crippen molar-refractivity contribution in [3.63, 3.8) is 0 Å². The first-order chi connectivity index (χ1) is 13.8. The van der Waals surface area contributed by atoms with Crippen molar-refractivity contribution in [1.82, 2.24) is 9.78 Å². The quantitative estimate of drug-likeness (QED) is 0.626. The maximum absolute atomic E-state index is 13.1. The minimum Gasteiger partial charge on any atom is -0.449 e. The number of aryl methyl sites for hydroxylation is 1. The molecule has 3 aromatic rings. The lowest BCUT2D eigenvalue weighted by atomic mass is 10.2. The monoisotopic (exact) mass is 419 g/mol. The number of nitrogens with zero attached hydrogens (tertiary/aromatic N) is 2. The molecule has 0 bridgehead atoms. The molecule has 0 saturated heterocycles. The predicted octanol–water partition coefficient (Wildman–Crippen LogP) is 4.30. The van der Waals surface area contributed by atoms with E-state index in [1.807, 2.05) is 0 Å². The van der Waals surface area contributed by atoms with Crippen LogP contribution in [-0.2, 0) is 9.53 Å². The molecule has 1 aromatic heterocycles. The Morgan fingerprint density at radius 1 is 1.07 bits per heavy atom. The van der Waals surface area contributed by atoms with Gasteiger partial charge in [0, 0.05) is 5.69 Å². The summed E-state index contributed by atoms with van der Waals surface area (Å²) in [6.45, 7) is 2.95. The van der Waals surface area contributed by atoms with Crippen LogP contribution in [0.15, 0.2) is 48.5 Å². The summed E-state index contributed by atoms with van der Waals surface area (Å²) in [6, 6.07) is 10.6. The maximum Gasteiger partial charge on any atom is 0.344 e. The predicted molar refractivity (Wildman–Crippen MR) is 103 cm³/mol. The van der Waals surface area contributed by atoms with E-state index in [1.54, 1.807) is 6.92 Å². The number of carbonyl (C=O) groups is 2. The second-order valence-electron chi connectivity index (χ2n) is 6.18. The Labute approximate surface area is 170 Å². The van der Waals surface area contributed by atoms with Crippen LogP contribution in [0, 0.1) is 18.6 Å². The minimum absolute atomic E-state index is 0.00239. The van der Waals surface area contributed by atoms with E-state index < -0.39 is 29.6 Å². The van der Waals surface area contributed by atoms with Gasteiger partial charge in [-0.3, -0.25) is 4.79 Å². The Morgan fingerprint density at radius 2 is 1.62 bits per heavy atom. The fraction of sp³-hybridized carbons (Fsp3) is 0.150. The number of amides is 1. The molecule has 29 heavy (non-hydrogen) atoms. The number of aromatic nitrogens is 2. The summed E-state index contributed by atoms with van der Waals surface area (Å²) >= 11 is 6.28. The molecule has 0 aliphatic heterocycles. The van der Waals surface area contributed by atoms with Gasteiger partial charge >= 0.3 is 5.97 Å². The molecule has 0 saturated carbocycles. The lowest BCUT2D eigenvalue weighted by molar-refractivity contribution is -0.123. The molecule has 0 radical (unpaired) electrons. The fourth-order valence-corrected chi connectivity index (χ4v) is 2.88. The molecule has 9 heteroatoms. The van der Waals surface area contributed by atoms with Gasteiger partial charge in [0.15, 0.2) is 6.10 Å². The molecule has 0 aliphatic rings. The third-order valence-electron chi connectivity index (χ3n) is 4.04. The third-order valence-corrected chi connectivity index (χ3v) is 4.39. The lowest BCUT2D eigenvalue weighted by Crippen LogP contribution is -2.30. The summed E-state index contributed by atoms with van der Waals surface area (Å²) in [5.41, 5.74) is 1.10. The molecular weight excluding hydrogens is 404 g/mol. The van der Waals surface area contributed by atoms with Crippen molar-refractivity contribution in [3.05, 3.63) is 76.6 Å². The molecule has 150 valence electrons. The van der Waals surface area contributed by atoms with Crippen LogP contribution in [0.2, 0.25) is 5.15 Å². The number of ether oxygens (including phenoxy) is 1. The highest BCUT2D eigenvalue weighted by molar-refractivity contribution is 6.33. The van der Waals surface area contributed by atoms with Crippen LogP contribution in [0.5, 0.6) is 0 Å². The number of hydrogen-bond acceptors (Lipinski definition) is 4. The number of carbonyl (C=O) groups excluding carboxylic acids is 2. The minimum atomic E-state index is -1.14. The number of halogens is 3. The zero-order chi connectivity index (χ0) is 21.1. The molecule has 0 spiro atoms. The average molecular weight is 420 g/mol. The zero-order valence-corrected chi connectivity index (χ0v) is 16.2. The van der Waals surface area contributed by atoms with Gasteiger partial charge in [-0.25, -0.2) is 18.3 Å². The van der Waals surface area contributed by atoms with Gasteiger partial charge in [-0.05, 0) is 62.4 Å². The first-order valence-electron chi connectivity index (χ1n) is 8.54. The van der Waals surface area contributed by atoms with Gasteiger partial charge in [-0.2, -0.15) is 5.10 Å². The van der Waals surface area contributed by atoms with Gasteiger partial charge in [0.25, 0.3) is 5.91 Å². The number of benzene rings is 2. The van der Waals surface area contributed by atoms with Crippen LogP contribution >= 0.6 is 11.6 Å². The van der Waals surface area contributed by atoms with Crippen LogP contribution in [0.25, 0.3) is 5.69 Å². The van der Waals surface area contributed by atoms with Crippen molar-refractivity contribution in [2.75, 3.05) is 5.32 Å². The summed E-state index contributed by atoms with van der Waals surface area (Å²) < 4.78 is 32.5. The topological polar surface area (TPSA) is 73.2 Å². The van der Waals surface area contributed by atoms with Crippen LogP contribution in [0.3, 0.4) is 0 Å². The van der Waals surface area contributed by atoms with Gasteiger partial charge in [-0.15, -0.1) is 0 Å². The highest BCUT2D eigenvalue weighted by Gasteiger charge is 2.26. The van der Waals surface area contributed by atoms with E-state index in [4.69, 9.17) is 16.3 Å².